The number of amides is 3. The van der Waals surface area contributed by atoms with Gasteiger partial charge in [-0.25, -0.2) is 8.78 Å². The number of hydrogen-bond donors (Lipinski definition) is 1. The summed E-state index contributed by atoms with van der Waals surface area (Å²) in [7, 11) is 0. The fourth-order valence-corrected chi connectivity index (χ4v) is 2.15. The Bertz CT molecular complexity index is 820. The lowest BCUT2D eigenvalue weighted by molar-refractivity contribution is -0.141. The number of hydrogen-bond acceptors (Lipinski definition) is 6. The zero-order valence-electron chi connectivity index (χ0n) is 12.1. The summed E-state index contributed by atoms with van der Waals surface area (Å²) in [4.78, 5) is 35.5. The number of likely N-dealkylation sites (tertiary alicyclic amines) is 1. The molecule has 0 bridgehead atoms. The summed E-state index contributed by atoms with van der Waals surface area (Å²) in [5.74, 6) is -3.50. The maximum atomic E-state index is 13.6. The first kappa shape index (κ1) is 15.7. The number of nitrogens with zero attached hydrogens (tertiary/aromatic N) is 3. The van der Waals surface area contributed by atoms with Gasteiger partial charge in [0.1, 0.15) is 18.2 Å². The Kier molecular flexibility index (Phi) is 4.02. The monoisotopic (exact) mass is 336 g/mol. The first-order valence-electron chi connectivity index (χ1n) is 6.86. The topological polar surface area (TPSA) is 105 Å². The maximum Gasteiger partial charge on any atom is 0.322 e. The zero-order valence-corrected chi connectivity index (χ0v) is 12.1. The van der Waals surface area contributed by atoms with Gasteiger partial charge in [-0.2, -0.15) is 0 Å². The van der Waals surface area contributed by atoms with Gasteiger partial charge in [-0.1, -0.05) is 5.10 Å². The molecule has 3 rings (SSSR count). The van der Waals surface area contributed by atoms with Gasteiger partial charge in [0.25, 0.3) is 5.89 Å². The quantitative estimate of drug-likeness (QED) is 0.838. The van der Waals surface area contributed by atoms with Gasteiger partial charge < -0.3 is 4.42 Å². The smallest absolute Gasteiger partial charge is 0.322 e. The average Bonchev–Trinajstić information content (AvgIpc) is 3.09. The Balaban J connectivity index is 1.68. The fourth-order valence-electron chi connectivity index (χ4n) is 2.15. The van der Waals surface area contributed by atoms with Crippen molar-refractivity contribution in [3.05, 3.63) is 29.8 Å². The van der Waals surface area contributed by atoms with E-state index in [1.165, 1.54) is 0 Å². The van der Waals surface area contributed by atoms with Crippen molar-refractivity contribution in [1.82, 2.24) is 15.1 Å². The predicted octanol–water partition coefficient (Wildman–Crippen LogP) is 1.10. The summed E-state index contributed by atoms with van der Waals surface area (Å²) in [6, 6.07) is 2.46. The molecule has 24 heavy (non-hydrogen) atoms. The van der Waals surface area contributed by atoms with Gasteiger partial charge in [0.05, 0.1) is 5.56 Å². The van der Waals surface area contributed by atoms with E-state index in [2.05, 4.69) is 15.5 Å². The van der Waals surface area contributed by atoms with Crippen LogP contribution in [-0.2, 0) is 14.4 Å². The van der Waals surface area contributed by atoms with Crippen molar-refractivity contribution in [2.45, 2.75) is 12.8 Å². The number of anilines is 1. The van der Waals surface area contributed by atoms with Gasteiger partial charge in [-0.3, -0.25) is 24.6 Å². The molecule has 8 nitrogen and oxygen atoms in total. The number of benzene rings is 1. The maximum absolute atomic E-state index is 13.6. The molecule has 0 aliphatic carbocycles. The molecule has 0 radical (unpaired) electrons. The van der Waals surface area contributed by atoms with Crippen molar-refractivity contribution in [2.24, 2.45) is 0 Å². The number of rotatable bonds is 4. The summed E-state index contributed by atoms with van der Waals surface area (Å²) in [5.41, 5.74) is -0.130. The second-order valence-corrected chi connectivity index (χ2v) is 4.96. The zero-order chi connectivity index (χ0) is 17.3. The van der Waals surface area contributed by atoms with Crippen molar-refractivity contribution in [3.8, 4) is 11.5 Å². The molecule has 1 aromatic carbocycles. The van der Waals surface area contributed by atoms with E-state index in [-0.39, 0.29) is 30.3 Å². The molecule has 10 heteroatoms. The number of carbonyl (C=O) groups is 3. The number of nitrogens with one attached hydrogen (secondary N) is 1. The van der Waals surface area contributed by atoms with Crippen molar-refractivity contribution in [2.75, 3.05) is 11.9 Å². The Morgan fingerprint density at radius 1 is 1.21 bits per heavy atom. The number of aromatic nitrogens is 2. The molecule has 1 fully saturated rings. The highest BCUT2D eigenvalue weighted by atomic mass is 19.1. The van der Waals surface area contributed by atoms with E-state index < -0.39 is 35.9 Å². The van der Waals surface area contributed by atoms with Crippen LogP contribution >= 0.6 is 0 Å². The van der Waals surface area contributed by atoms with Crippen molar-refractivity contribution in [1.29, 1.82) is 0 Å². The van der Waals surface area contributed by atoms with Crippen LogP contribution < -0.4 is 5.32 Å². The summed E-state index contributed by atoms with van der Waals surface area (Å²) in [5, 5.41) is 9.27. The molecule has 2 heterocycles. The van der Waals surface area contributed by atoms with Crippen molar-refractivity contribution < 1.29 is 27.6 Å². The predicted molar refractivity (Wildman–Crippen MR) is 74.2 cm³/mol. The first-order chi connectivity index (χ1) is 11.4. The van der Waals surface area contributed by atoms with E-state index in [9.17, 15) is 23.2 Å². The lowest BCUT2D eigenvalue weighted by atomic mass is 10.2. The minimum atomic E-state index is -0.898. The Labute approximate surface area is 133 Å². The minimum Gasteiger partial charge on any atom is -0.403 e. The van der Waals surface area contributed by atoms with Crippen LogP contribution in [0.2, 0.25) is 0 Å². The second kappa shape index (κ2) is 6.14. The van der Waals surface area contributed by atoms with Crippen LogP contribution in [0.3, 0.4) is 0 Å². The normalized spacial score (nSPS) is 14.3. The van der Waals surface area contributed by atoms with E-state index in [4.69, 9.17) is 4.42 Å². The van der Waals surface area contributed by atoms with E-state index >= 15 is 0 Å². The number of carbonyl (C=O) groups excluding carboxylic acids is 3. The largest absolute Gasteiger partial charge is 0.403 e. The molecule has 1 aliphatic heterocycles. The highest BCUT2D eigenvalue weighted by Crippen LogP contribution is 2.23. The molecule has 1 saturated heterocycles. The van der Waals surface area contributed by atoms with Crippen LogP contribution in [0.5, 0.6) is 0 Å². The Morgan fingerprint density at radius 2 is 1.92 bits per heavy atom. The molecule has 2 aromatic rings. The van der Waals surface area contributed by atoms with E-state index in [0.717, 1.165) is 17.0 Å². The third-order valence-electron chi connectivity index (χ3n) is 3.29. The van der Waals surface area contributed by atoms with Crippen LogP contribution in [0.4, 0.5) is 14.8 Å². The highest BCUT2D eigenvalue weighted by molar-refractivity contribution is 6.05. The molecule has 124 valence electrons. The molecule has 0 spiro atoms. The third kappa shape index (κ3) is 3.12. The van der Waals surface area contributed by atoms with Gasteiger partial charge in [0, 0.05) is 18.9 Å². The SMILES string of the molecule is O=C(CN1C(=O)CCC1=O)Nc1nnc(-c2ccc(F)cc2F)o1. The van der Waals surface area contributed by atoms with Crippen molar-refractivity contribution >= 4 is 23.7 Å². The van der Waals surface area contributed by atoms with E-state index in [0.29, 0.717) is 6.07 Å². The van der Waals surface area contributed by atoms with E-state index in [1.54, 1.807) is 0 Å². The van der Waals surface area contributed by atoms with Crippen LogP contribution in [-0.4, -0.2) is 39.4 Å². The first-order valence-corrected chi connectivity index (χ1v) is 6.86. The average molecular weight is 336 g/mol. The Hall–Kier alpha value is -3.17. The van der Waals surface area contributed by atoms with E-state index in [1.807, 2.05) is 0 Å². The molecule has 0 atom stereocenters. The van der Waals surface area contributed by atoms with Gasteiger partial charge >= 0.3 is 6.01 Å². The summed E-state index contributed by atoms with van der Waals surface area (Å²) in [6.45, 7) is -0.472. The molecule has 1 aliphatic rings. The lowest BCUT2D eigenvalue weighted by Crippen LogP contribution is -2.36. The minimum absolute atomic E-state index is 0.0701. The number of halogens is 2. The molecule has 1 N–H and O–H groups in total. The second-order valence-electron chi connectivity index (χ2n) is 4.96. The molecule has 1 aromatic heterocycles. The molecule has 0 unspecified atom stereocenters. The van der Waals surface area contributed by atoms with Crippen LogP contribution in [0.15, 0.2) is 22.6 Å². The summed E-state index contributed by atoms with van der Waals surface area (Å²) in [6.07, 6.45) is 0.140. The molecule has 0 saturated carbocycles. The molecule has 3 amide bonds. The Morgan fingerprint density at radius 3 is 2.58 bits per heavy atom. The standard InChI is InChI=1S/C14H10F2N4O4/c15-7-1-2-8(9(16)5-7)13-18-19-14(24-13)17-10(21)6-20-11(22)3-4-12(20)23/h1-2,5H,3-4,6H2,(H,17,19,21). The van der Waals surface area contributed by atoms with Crippen LogP contribution in [0.1, 0.15) is 12.8 Å². The fraction of sp³-hybridized carbons (Fsp3) is 0.214. The highest BCUT2D eigenvalue weighted by Gasteiger charge is 2.30. The lowest BCUT2D eigenvalue weighted by Gasteiger charge is -2.11. The van der Waals surface area contributed by atoms with Crippen molar-refractivity contribution in [3.63, 3.8) is 0 Å². The van der Waals surface area contributed by atoms with Gasteiger partial charge in [-0.15, -0.1) is 5.10 Å². The number of imide groups is 1. The van der Waals surface area contributed by atoms with Crippen LogP contribution in [0, 0.1) is 11.6 Å². The molecular formula is C14H10F2N4O4. The summed E-state index contributed by atoms with van der Waals surface area (Å²) < 4.78 is 31.6. The van der Waals surface area contributed by atoms with Gasteiger partial charge in [0.2, 0.25) is 17.7 Å². The van der Waals surface area contributed by atoms with Crippen LogP contribution in [0.25, 0.3) is 11.5 Å². The van der Waals surface area contributed by atoms with Gasteiger partial charge in [-0.05, 0) is 12.1 Å². The molecular weight excluding hydrogens is 326 g/mol. The summed E-state index contributed by atoms with van der Waals surface area (Å²) >= 11 is 0. The third-order valence-corrected chi connectivity index (χ3v) is 3.29. The van der Waals surface area contributed by atoms with Gasteiger partial charge in [0.15, 0.2) is 0 Å².